The van der Waals surface area contributed by atoms with Gasteiger partial charge in [0, 0.05) is 24.6 Å². The molecular weight excluding hydrogens is 352 g/mol. The lowest BCUT2D eigenvalue weighted by Gasteiger charge is -2.21. The molecule has 28 heavy (non-hydrogen) atoms. The van der Waals surface area contributed by atoms with Crippen LogP contribution in [0.5, 0.6) is 0 Å². The van der Waals surface area contributed by atoms with E-state index in [0.717, 1.165) is 5.69 Å². The van der Waals surface area contributed by atoms with Gasteiger partial charge in [0.15, 0.2) is 0 Å². The molecule has 0 bridgehead atoms. The van der Waals surface area contributed by atoms with Gasteiger partial charge in [-0.15, -0.1) is 0 Å². The van der Waals surface area contributed by atoms with Crippen molar-refractivity contribution in [3.8, 4) is 6.07 Å². The van der Waals surface area contributed by atoms with E-state index in [-0.39, 0.29) is 11.5 Å². The molecule has 0 saturated carbocycles. The van der Waals surface area contributed by atoms with E-state index in [4.69, 9.17) is 5.26 Å². The second-order valence-corrected chi connectivity index (χ2v) is 5.96. The van der Waals surface area contributed by atoms with Gasteiger partial charge in [0.1, 0.15) is 6.07 Å². The fourth-order valence-corrected chi connectivity index (χ4v) is 2.77. The van der Waals surface area contributed by atoms with Crippen LogP contribution >= 0.6 is 0 Å². The smallest absolute Gasteiger partial charge is 0.259 e. The van der Waals surface area contributed by atoms with Gasteiger partial charge < -0.3 is 10.2 Å². The highest BCUT2D eigenvalue weighted by Crippen LogP contribution is 2.18. The third-order valence-corrected chi connectivity index (χ3v) is 4.17. The fraction of sp³-hybridized carbons (Fsp3) is 0.0909. The Morgan fingerprint density at radius 1 is 1.04 bits per heavy atom. The molecule has 2 amide bonds. The number of amides is 2. The first kappa shape index (κ1) is 18.8. The van der Waals surface area contributed by atoms with E-state index in [1.807, 2.05) is 43.3 Å². The second kappa shape index (κ2) is 8.60. The van der Waals surface area contributed by atoms with Gasteiger partial charge in [-0.2, -0.15) is 5.26 Å². The highest BCUT2D eigenvalue weighted by Gasteiger charge is 2.18. The predicted octanol–water partition coefficient (Wildman–Crippen LogP) is 3.87. The number of anilines is 2. The maximum Gasteiger partial charge on any atom is 0.259 e. The number of hydrogen-bond acceptors (Lipinski definition) is 4. The topological polar surface area (TPSA) is 86.1 Å². The maximum absolute atomic E-state index is 12.9. The summed E-state index contributed by atoms with van der Waals surface area (Å²) in [6, 6.07) is 19.6. The summed E-state index contributed by atoms with van der Waals surface area (Å²) in [5, 5.41) is 11.8. The number of nitrogens with one attached hydrogen (secondary N) is 1. The van der Waals surface area contributed by atoms with Gasteiger partial charge in [0.05, 0.1) is 22.4 Å². The Balaban J connectivity index is 1.84. The minimum absolute atomic E-state index is 0.239. The molecule has 138 valence electrons. The van der Waals surface area contributed by atoms with Gasteiger partial charge in [-0.05, 0) is 37.3 Å². The lowest BCUT2D eigenvalue weighted by Crippen LogP contribution is -2.31. The molecule has 0 atom stereocenters. The molecule has 0 saturated heterocycles. The Hall–Kier alpha value is -3.98. The first-order valence-electron chi connectivity index (χ1n) is 8.76. The quantitative estimate of drug-likeness (QED) is 0.739. The van der Waals surface area contributed by atoms with Crippen LogP contribution in [0.2, 0.25) is 0 Å². The third-order valence-electron chi connectivity index (χ3n) is 4.17. The number of rotatable bonds is 5. The minimum Gasteiger partial charge on any atom is -0.321 e. The summed E-state index contributed by atoms with van der Waals surface area (Å²) in [5.41, 5.74) is 2.09. The van der Waals surface area contributed by atoms with E-state index in [9.17, 15) is 9.59 Å². The third kappa shape index (κ3) is 4.05. The number of para-hydroxylation sites is 2. The van der Waals surface area contributed by atoms with Gasteiger partial charge >= 0.3 is 0 Å². The number of aromatic nitrogens is 1. The van der Waals surface area contributed by atoms with Gasteiger partial charge in [0.25, 0.3) is 11.8 Å². The molecule has 0 aliphatic rings. The van der Waals surface area contributed by atoms with E-state index in [1.54, 1.807) is 29.2 Å². The van der Waals surface area contributed by atoms with Crippen molar-refractivity contribution in [2.45, 2.75) is 6.92 Å². The van der Waals surface area contributed by atoms with Crippen molar-refractivity contribution in [2.24, 2.45) is 0 Å². The van der Waals surface area contributed by atoms with Gasteiger partial charge in [-0.25, -0.2) is 0 Å². The summed E-state index contributed by atoms with van der Waals surface area (Å²) in [6.07, 6.45) is 2.83. The number of hydrogen-bond donors (Lipinski definition) is 1. The number of nitriles is 1. The molecule has 6 heteroatoms. The van der Waals surface area contributed by atoms with Crippen molar-refractivity contribution in [1.82, 2.24) is 4.98 Å². The number of carbonyl (C=O) groups excluding carboxylic acids is 2. The molecule has 0 fully saturated rings. The van der Waals surface area contributed by atoms with Gasteiger partial charge in [-0.1, -0.05) is 30.3 Å². The Morgan fingerprint density at radius 2 is 1.71 bits per heavy atom. The largest absolute Gasteiger partial charge is 0.321 e. The second-order valence-electron chi connectivity index (χ2n) is 5.96. The molecular formula is C22H18N4O2. The van der Waals surface area contributed by atoms with Crippen molar-refractivity contribution in [3.63, 3.8) is 0 Å². The molecule has 2 aromatic carbocycles. The van der Waals surface area contributed by atoms with Crippen molar-refractivity contribution in [1.29, 1.82) is 5.26 Å². The van der Waals surface area contributed by atoms with Crippen molar-refractivity contribution in [3.05, 3.63) is 89.7 Å². The Kier molecular flexibility index (Phi) is 5.78. The van der Waals surface area contributed by atoms with Gasteiger partial charge in [-0.3, -0.25) is 14.6 Å². The van der Waals surface area contributed by atoms with Crippen LogP contribution in [0.3, 0.4) is 0 Å². The average molecular weight is 370 g/mol. The van der Waals surface area contributed by atoms with Crippen LogP contribution in [0.15, 0.2) is 73.1 Å². The molecule has 3 rings (SSSR count). The first-order chi connectivity index (χ1) is 13.6. The molecule has 1 heterocycles. The zero-order valence-corrected chi connectivity index (χ0v) is 15.3. The van der Waals surface area contributed by atoms with E-state index in [1.165, 1.54) is 18.5 Å². The summed E-state index contributed by atoms with van der Waals surface area (Å²) in [7, 11) is 0. The molecule has 0 unspecified atom stereocenters. The Morgan fingerprint density at radius 3 is 2.43 bits per heavy atom. The molecule has 1 N–H and O–H groups in total. The zero-order valence-electron chi connectivity index (χ0n) is 15.3. The van der Waals surface area contributed by atoms with Crippen LogP contribution in [-0.2, 0) is 0 Å². The van der Waals surface area contributed by atoms with Gasteiger partial charge in [0.2, 0.25) is 0 Å². The minimum atomic E-state index is -0.437. The summed E-state index contributed by atoms with van der Waals surface area (Å²) in [5.74, 6) is -0.680. The number of nitrogens with zero attached hydrogens (tertiary/aromatic N) is 3. The Bertz CT molecular complexity index is 1040. The predicted molar refractivity (Wildman–Crippen MR) is 107 cm³/mol. The SMILES string of the molecule is CCN(C(=O)c1cncc(C(=O)Nc2ccccc2C#N)c1)c1ccccc1. The maximum atomic E-state index is 12.9. The monoisotopic (exact) mass is 370 g/mol. The van der Waals surface area contributed by atoms with Crippen LogP contribution in [-0.4, -0.2) is 23.3 Å². The average Bonchev–Trinajstić information content (AvgIpc) is 2.75. The highest BCUT2D eigenvalue weighted by atomic mass is 16.2. The lowest BCUT2D eigenvalue weighted by molar-refractivity contribution is 0.0988. The van der Waals surface area contributed by atoms with E-state index >= 15 is 0 Å². The van der Waals surface area contributed by atoms with Crippen molar-refractivity contribution in [2.75, 3.05) is 16.8 Å². The number of benzene rings is 2. The number of carbonyl (C=O) groups is 2. The molecule has 3 aromatic rings. The van der Waals surface area contributed by atoms with Crippen LogP contribution < -0.4 is 10.2 Å². The van der Waals surface area contributed by atoms with E-state index < -0.39 is 5.91 Å². The molecule has 0 aliphatic carbocycles. The summed E-state index contributed by atoms with van der Waals surface area (Å²) in [6.45, 7) is 2.36. The van der Waals surface area contributed by atoms with Crippen molar-refractivity contribution >= 4 is 23.2 Å². The zero-order chi connectivity index (χ0) is 19.9. The molecule has 0 radical (unpaired) electrons. The highest BCUT2D eigenvalue weighted by molar-refractivity contribution is 6.09. The summed E-state index contributed by atoms with van der Waals surface area (Å²) < 4.78 is 0. The van der Waals surface area contributed by atoms with Crippen LogP contribution in [0, 0.1) is 11.3 Å². The lowest BCUT2D eigenvalue weighted by atomic mass is 10.1. The van der Waals surface area contributed by atoms with Crippen LogP contribution in [0.1, 0.15) is 33.2 Å². The van der Waals surface area contributed by atoms with Crippen LogP contribution in [0.4, 0.5) is 11.4 Å². The van der Waals surface area contributed by atoms with E-state index in [2.05, 4.69) is 10.3 Å². The van der Waals surface area contributed by atoms with Crippen molar-refractivity contribution < 1.29 is 9.59 Å². The molecule has 0 spiro atoms. The molecule has 0 aliphatic heterocycles. The first-order valence-corrected chi connectivity index (χ1v) is 8.76. The summed E-state index contributed by atoms with van der Waals surface area (Å²) >= 11 is 0. The number of pyridine rings is 1. The fourth-order valence-electron chi connectivity index (χ4n) is 2.77. The Labute approximate surface area is 163 Å². The molecule has 6 nitrogen and oxygen atoms in total. The standard InChI is InChI=1S/C22H18N4O2/c1-2-26(19-9-4-3-5-10-19)22(28)18-12-17(14-24-15-18)21(27)25-20-11-7-6-8-16(20)13-23/h3-12,14-15H,2H2,1H3,(H,25,27). The summed E-state index contributed by atoms with van der Waals surface area (Å²) in [4.78, 5) is 31.2. The van der Waals surface area contributed by atoms with E-state index in [0.29, 0.717) is 23.4 Å². The van der Waals surface area contributed by atoms with Crippen LogP contribution in [0.25, 0.3) is 0 Å². The normalized spacial score (nSPS) is 10.0. The molecule has 1 aromatic heterocycles.